The summed E-state index contributed by atoms with van der Waals surface area (Å²) in [7, 11) is 0. The summed E-state index contributed by atoms with van der Waals surface area (Å²) < 4.78 is 33.3. The number of ether oxygens (including phenoxy) is 1. The Hall–Kier alpha value is -1.90. The highest BCUT2D eigenvalue weighted by Crippen LogP contribution is 2.30. The SMILES string of the molecule is Cc1cccc(C)c1OCC(F)(F)c1ccccc1. The molecular weight excluding hydrogens is 246 g/mol. The van der Waals surface area contributed by atoms with E-state index in [1.165, 1.54) is 12.1 Å². The van der Waals surface area contributed by atoms with Gasteiger partial charge in [-0.05, 0) is 25.0 Å². The van der Waals surface area contributed by atoms with Crippen LogP contribution in [0.4, 0.5) is 8.78 Å². The first-order chi connectivity index (χ1) is 9.00. The lowest BCUT2D eigenvalue weighted by Gasteiger charge is -2.19. The Morgan fingerprint density at radius 3 is 2.05 bits per heavy atom. The van der Waals surface area contributed by atoms with Crippen molar-refractivity contribution < 1.29 is 13.5 Å². The fraction of sp³-hybridized carbons (Fsp3) is 0.250. The van der Waals surface area contributed by atoms with Crippen molar-refractivity contribution in [2.45, 2.75) is 19.8 Å². The van der Waals surface area contributed by atoms with Gasteiger partial charge in [0.1, 0.15) is 5.75 Å². The van der Waals surface area contributed by atoms with Crippen LogP contribution in [0.2, 0.25) is 0 Å². The second-order valence-electron chi connectivity index (χ2n) is 4.58. The molecule has 0 amide bonds. The van der Waals surface area contributed by atoms with Crippen molar-refractivity contribution in [2.75, 3.05) is 6.61 Å². The zero-order chi connectivity index (χ0) is 13.9. The summed E-state index contributed by atoms with van der Waals surface area (Å²) in [4.78, 5) is 0. The van der Waals surface area contributed by atoms with Crippen LogP contribution < -0.4 is 4.74 Å². The molecule has 2 aromatic rings. The van der Waals surface area contributed by atoms with E-state index in [2.05, 4.69) is 0 Å². The second kappa shape index (κ2) is 5.39. The third-order valence-electron chi connectivity index (χ3n) is 3.00. The maximum Gasteiger partial charge on any atom is 0.306 e. The van der Waals surface area contributed by atoms with Crippen LogP contribution in [0, 0.1) is 13.8 Å². The molecule has 0 saturated carbocycles. The van der Waals surface area contributed by atoms with Crippen LogP contribution in [-0.4, -0.2) is 6.61 Å². The second-order valence-corrected chi connectivity index (χ2v) is 4.58. The zero-order valence-electron chi connectivity index (χ0n) is 11.0. The van der Waals surface area contributed by atoms with Crippen LogP contribution in [0.1, 0.15) is 16.7 Å². The molecule has 0 heterocycles. The maximum atomic E-state index is 14.0. The van der Waals surface area contributed by atoms with Gasteiger partial charge in [-0.25, -0.2) is 0 Å². The van der Waals surface area contributed by atoms with Gasteiger partial charge in [-0.2, -0.15) is 8.78 Å². The zero-order valence-corrected chi connectivity index (χ0v) is 11.0. The molecule has 3 heteroatoms. The molecule has 0 bridgehead atoms. The van der Waals surface area contributed by atoms with Crippen LogP contribution >= 0.6 is 0 Å². The molecule has 0 fully saturated rings. The van der Waals surface area contributed by atoms with Gasteiger partial charge < -0.3 is 4.74 Å². The lowest BCUT2D eigenvalue weighted by molar-refractivity contribution is -0.0470. The molecule has 0 aliphatic carbocycles. The summed E-state index contributed by atoms with van der Waals surface area (Å²) >= 11 is 0. The van der Waals surface area contributed by atoms with E-state index in [0.717, 1.165) is 11.1 Å². The minimum absolute atomic E-state index is 0.0266. The number of halogens is 2. The van der Waals surface area contributed by atoms with Crippen LogP contribution in [0.25, 0.3) is 0 Å². The van der Waals surface area contributed by atoms with Gasteiger partial charge in [-0.1, -0.05) is 48.5 Å². The van der Waals surface area contributed by atoms with E-state index in [1.807, 2.05) is 32.0 Å². The van der Waals surface area contributed by atoms with Crippen molar-refractivity contribution in [1.82, 2.24) is 0 Å². The van der Waals surface area contributed by atoms with E-state index < -0.39 is 12.5 Å². The molecule has 0 radical (unpaired) electrons. The smallest absolute Gasteiger partial charge is 0.306 e. The number of hydrogen-bond donors (Lipinski definition) is 0. The highest BCUT2D eigenvalue weighted by Gasteiger charge is 2.32. The Bertz CT molecular complexity index is 530. The lowest BCUT2D eigenvalue weighted by atomic mass is 10.1. The predicted octanol–water partition coefficient (Wildman–Crippen LogP) is 4.47. The fourth-order valence-corrected chi connectivity index (χ4v) is 1.95. The summed E-state index contributed by atoms with van der Waals surface area (Å²) in [5.74, 6) is -2.45. The maximum absolute atomic E-state index is 14.0. The Balaban J connectivity index is 2.14. The average molecular weight is 262 g/mol. The van der Waals surface area contributed by atoms with Gasteiger partial charge in [-0.15, -0.1) is 0 Å². The van der Waals surface area contributed by atoms with Gasteiger partial charge in [0.25, 0.3) is 0 Å². The number of alkyl halides is 2. The van der Waals surface area contributed by atoms with Gasteiger partial charge in [0.05, 0.1) is 0 Å². The fourth-order valence-electron chi connectivity index (χ4n) is 1.95. The van der Waals surface area contributed by atoms with Crippen molar-refractivity contribution >= 4 is 0 Å². The molecule has 0 aromatic heterocycles. The van der Waals surface area contributed by atoms with E-state index >= 15 is 0 Å². The van der Waals surface area contributed by atoms with Gasteiger partial charge in [0.15, 0.2) is 6.61 Å². The lowest BCUT2D eigenvalue weighted by Crippen LogP contribution is -2.23. The summed E-state index contributed by atoms with van der Waals surface area (Å²) in [6, 6.07) is 13.3. The van der Waals surface area contributed by atoms with Crippen molar-refractivity contribution in [3.63, 3.8) is 0 Å². The van der Waals surface area contributed by atoms with Crippen LogP contribution in [-0.2, 0) is 5.92 Å². The third-order valence-corrected chi connectivity index (χ3v) is 3.00. The third kappa shape index (κ3) is 3.11. The molecule has 0 unspecified atom stereocenters. The summed E-state index contributed by atoms with van der Waals surface area (Å²) in [5.41, 5.74) is 1.70. The highest BCUT2D eigenvalue weighted by atomic mass is 19.3. The summed E-state index contributed by atoms with van der Waals surface area (Å²) in [6.07, 6.45) is 0. The average Bonchev–Trinajstić information content (AvgIpc) is 2.39. The first-order valence-electron chi connectivity index (χ1n) is 6.13. The molecule has 0 spiro atoms. The van der Waals surface area contributed by atoms with E-state index in [1.54, 1.807) is 18.2 Å². The van der Waals surface area contributed by atoms with E-state index in [-0.39, 0.29) is 5.56 Å². The number of aryl methyl sites for hydroxylation is 2. The minimum Gasteiger partial charge on any atom is -0.486 e. The molecule has 2 rings (SSSR count). The molecule has 100 valence electrons. The minimum atomic E-state index is -2.99. The molecule has 19 heavy (non-hydrogen) atoms. The van der Waals surface area contributed by atoms with E-state index in [0.29, 0.717) is 5.75 Å². The Labute approximate surface area is 111 Å². The summed E-state index contributed by atoms with van der Waals surface area (Å²) in [5, 5.41) is 0. The predicted molar refractivity (Wildman–Crippen MR) is 71.7 cm³/mol. The topological polar surface area (TPSA) is 9.23 Å². The van der Waals surface area contributed by atoms with Crippen molar-refractivity contribution in [3.8, 4) is 5.75 Å². The monoisotopic (exact) mass is 262 g/mol. The van der Waals surface area contributed by atoms with Crippen molar-refractivity contribution in [1.29, 1.82) is 0 Å². The quantitative estimate of drug-likeness (QED) is 0.789. The normalized spacial score (nSPS) is 11.4. The largest absolute Gasteiger partial charge is 0.486 e. The molecule has 0 saturated heterocycles. The molecule has 0 atom stereocenters. The Kier molecular flexibility index (Phi) is 3.84. The molecule has 0 N–H and O–H groups in total. The van der Waals surface area contributed by atoms with Crippen molar-refractivity contribution in [3.05, 3.63) is 65.2 Å². The van der Waals surface area contributed by atoms with Crippen molar-refractivity contribution in [2.24, 2.45) is 0 Å². The molecule has 0 aliphatic rings. The Morgan fingerprint density at radius 1 is 0.895 bits per heavy atom. The van der Waals surface area contributed by atoms with Gasteiger partial charge >= 0.3 is 5.92 Å². The van der Waals surface area contributed by atoms with Crippen LogP contribution in [0.3, 0.4) is 0 Å². The first kappa shape index (κ1) is 13.5. The number of para-hydroxylation sites is 1. The van der Waals surface area contributed by atoms with E-state index in [9.17, 15) is 8.78 Å². The van der Waals surface area contributed by atoms with Gasteiger partial charge in [-0.3, -0.25) is 0 Å². The van der Waals surface area contributed by atoms with Gasteiger partial charge in [0, 0.05) is 5.56 Å². The first-order valence-corrected chi connectivity index (χ1v) is 6.13. The van der Waals surface area contributed by atoms with Crippen LogP contribution in [0.5, 0.6) is 5.75 Å². The number of benzene rings is 2. The Morgan fingerprint density at radius 2 is 1.47 bits per heavy atom. The molecule has 2 aromatic carbocycles. The molecule has 1 nitrogen and oxygen atoms in total. The standard InChI is InChI=1S/C16H16F2O/c1-12-7-6-8-13(2)15(12)19-11-16(17,18)14-9-4-3-5-10-14/h3-10H,11H2,1-2H3. The van der Waals surface area contributed by atoms with E-state index in [4.69, 9.17) is 4.74 Å². The molecule has 0 aliphatic heterocycles. The number of rotatable bonds is 4. The highest BCUT2D eigenvalue weighted by molar-refractivity contribution is 5.39. The summed E-state index contributed by atoms with van der Waals surface area (Å²) in [6.45, 7) is 3.05. The number of hydrogen-bond acceptors (Lipinski definition) is 1. The van der Waals surface area contributed by atoms with Crippen LogP contribution in [0.15, 0.2) is 48.5 Å². The van der Waals surface area contributed by atoms with Gasteiger partial charge in [0.2, 0.25) is 0 Å². The molecular formula is C16H16F2O.